The molecule has 1 atom stereocenters. The van der Waals surface area contributed by atoms with Crippen molar-refractivity contribution in [2.45, 2.75) is 12.5 Å². The molecule has 2 aromatic carbocycles. The van der Waals surface area contributed by atoms with Crippen LogP contribution in [0.4, 0.5) is 0 Å². The standard InChI is InChI=1S/C17H15BrN2/c18-12-6-5-11-7-8-19-17(14(11)9-12)15-10-20-16-4-2-1-3-13(15)16/h1-6,9-10,17,19-20H,7-8H2. The fourth-order valence-corrected chi connectivity index (χ4v) is 3.51. The average molecular weight is 327 g/mol. The van der Waals surface area contributed by atoms with Crippen LogP contribution in [0.25, 0.3) is 10.9 Å². The first kappa shape index (κ1) is 12.2. The summed E-state index contributed by atoms with van der Waals surface area (Å²) in [6.07, 6.45) is 3.24. The van der Waals surface area contributed by atoms with E-state index < -0.39 is 0 Å². The molecular weight excluding hydrogens is 312 g/mol. The lowest BCUT2D eigenvalue weighted by Gasteiger charge is -2.27. The van der Waals surface area contributed by atoms with Gasteiger partial charge < -0.3 is 10.3 Å². The molecule has 0 saturated carbocycles. The third-order valence-corrected chi connectivity index (χ3v) is 4.59. The molecule has 0 fully saturated rings. The number of hydrogen-bond donors (Lipinski definition) is 2. The summed E-state index contributed by atoms with van der Waals surface area (Å²) in [5.41, 5.74) is 5.36. The van der Waals surface area contributed by atoms with E-state index in [2.05, 4.69) is 74.9 Å². The van der Waals surface area contributed by atoms with Crippen molar-refractivity contribution in [3.05, 3.63) is 69.8 Å². The van der Waals surface area contributed by atoms with Crippen molar-refractivity contribution in [3.63, 3.8) is 0 Å². The van der Waals surface area contributed by atoms with Gasteiger partial charge in [-0.2, -0.15) is 0 Å². The zero-order chi connectivity index (χ0) is 13.5. The summed E-state index contributed by atoms with van der Waals surface area (Å²) in [5, 5.41) is 4.96. The Kier molecular flexibility index (Phi) is 2.90. The normalized spacial score (nSPS) is 18.1. The number of para-hydroxylation sites is 1. The van der Waals surface area contributed by atoms with Gasteiger partial charge in [0.05, 0.1) is 6.04 Å². The number of halogens is 1. The Balaban J connectivity index is 1.90. The molecule has 100 valence electrons. The molecule has 0 amide bonds. The Hall–Kier alpha value is -1.58. The molecule has 1 aliphatic heterocycles. The number of hydrogen-bond acceptors (Lipinski definition) is 1. The largest absolute Gasteiger partial charge is 0.361 e. The van der Waals surface area contributed by atoms with Crippen molar-refractivity contribution in [2.75, 3.05) is 6.54 Å². The number of H-pyrrole nitrogens is 1. The van der Waals surface area contributed by atoms with Gasteiger partial charge in [0, 0.05) is 28.1 Å². The van der Waals surface area contributed by atoms with Crippen molar-refractivity contribution in [2.24, 2.45) is 0 Å². The molecule has 1 aromatic heterocycles. The first-order valence-electron chi connectivity index (χ1n) is 6.90. The van der Waals surface area contributed by atoms with Gasteiger partial charge >= 0.3 is 0 Å². The molecule has 1 unspecified atom stereocenters. The zero-order valence-corrected chi connectivity index (χ0v) is 12.6. The highest BCUT2D eigenvalue weighted by atomic mass is 79.9. The van der Waals surface area contributed by atoms with Crippen LogP contribution in [0.1, 0.15) is 22.7 Å². The van der Waals surface area contributed by atoms with Gasteiger partial charge in [0.15, 0.2) is 0 Å². The molecule has 0 saturated heterocycles. The summed E-state index contributed by atoms with van der Waals surface area (Å²) in [5.74, 6) is 0. The molecule has 3 aromatic rings. The number of fused-ring (bicyclic) bond motifs is 2. The van der Waals surface area contributed by atoms with E-state index in [1.54, 1.807) is 0 Å². The summed E-state index contributed by atoms with van der Waals surface area (Å²) in [4.78, 5) is 3.38. The third-order valence-electron chi connectivity index (χ3n) is 4.09. The highest BCUT2D eigenvalue weighted by molar-refractivity contribution is 9.10. The van der Waals surface area contributed by atoms with E-state index in [1.807, 2.05) is 0 Å². The maximum absolute atomic E-state index is 3.66. The quantitative estimate of drug-likeness (QED) is 0.690. The van der Waals surface area contributed by atoms with Crippen LogP contribution in [0.15, 0.2) is 53.1 Å². The maximum Gasteiger partial charge on any atom is 0.0601 e. The van der Waals surface area contributed by atoms with Gasteiger partial charge in [-0.15, -0.1) is 0 Å². The Morgan fingerprint density at radius 1 is 1.05 bits per heavy atom. The fraction of sp³-hybridized carbons (Fsp3) is 0.176. The predicted octanol–water partition coefficient (Wildman–Crippen LogP) is 4.17. The summed E-state index contributed by atoms with van der Waals surface area (Å²) in [6.45, 7) is 1.03. The van der Waals surface area contributed by atoms with Gasteiger partial charge in [0.25, 0.3) is 0 Å². The van der Waals surface area contributed by atoms with Crippen LogP contribution < -0.4 is 5.32 Å². The van der Waals surface area contributed by atoms with Gasteiger partial charge in [0.2, 0.25) is 0 Å². The van der Waals surface area contributed by atoms with Crippen LogP contribution in [0.3, 0.4) is 0 Å². The highest BCUT2D eigenvalue weighted by Crippen LogP contribution is 2.34. The number of nitrogens with one attached hydrogen (secondary N) is 2. The molecular formula is C17H15BrN2. The Morgan fingerprint density at radius 3 is 2.90 bits per heavy atom. The molecule has 20 heavy (non-hydrogen) atoms. The second-order valence-corrected chi connectivity index (χ2v) is 6.19. The van der Waals surface area contributed by atoms with Gasteiger partial charge in [-0.3, -0.25) is 0 Å². The van der Waals surface area contributed by atoms with Crippen LogP contribution in [-0.4, -0.2) is 11.5 Å². The lowest BCUT2D eigenvalue weighted by Crippen LogP contribution is -2.30. The molecule has 0 radical (unpaired) electrons. The summed E-state index contributed by atoms with van der Waals surface area (Å²) in [7, 11) is 0. The molecule has 0 bridgehead atoms. The molecule has 3 heteroatoms. The van der Waals surface area contributed by atoms with E-state index in [0.717, 1.165) is 17.4 Å². The Bertz CT molecular complexity index is 776. The molecule has 2 nitrogen and oxygen atoms in total. The summed E-state index contributed by atoms with van der Waals surface area (Å²) >= 11 is 3.60. The van der Waals surface area contributed by atoms with Gasteiger partial charge in [-0.1, -0.05) is 40.2 Å². The minimum atomic E-state index is 0.271. The topological polar surface area (TPSA) is 27.8 Å². The number of aromatic amines is 1. The van der Waals surface area contributed by atoms with E-state index in [-0.39, 0.29) is 6.04 Å². The van der Waals surface area contributed by atoms with Crippen molar-refractivity contribution in [1.82, 2.24) is 10.3 Å². The van der Waals surface area contributed by atoms with Crippen LogP contribution in [0.5, 0.6) is 0 Å². The van der Waals surface area contributed by atoms with Crippen molar-refractivity contribution >= 4 is 26.8 Å². The first-order chi connectivity index (χ1) is 9.83. The molecule has 0 aliphatic carbocycles. The van der Waals surface area contributed by atoms with Gasteiger partial charge in [0.1, 0.15) is 0 Å². The van der Waals surface area contributed by atoms with Gasteiger partial charge in [-0.05, 0) is 41.3 Å². The van der Waals surface area contributed by atoms with E-state index in [0.29, 0.717) is 0 Å². The second kappa shape index (κ2) is 4.76. The highest BCUT2D eigenvalue weighted by Gasteiger charge is 2.23. The summed E-state index contributed by atoms with van der Waals surface area (Å²) in [6, 6.07) is 15.4. The van der Waals surface area contributed by atoms with Crippen LogP contribution in [-0.2, 0) is 6.42 Å². The van der Waals surface area contributed by atoms with E-state index >= 15 is 0 Å². The summed E-state index contributed by atoms with van der Waals surface area (Å²) < 4.78 is 1.14. The second-order valence-electron chi connectivity index (χ2n) is 5.27. The Morgan fingerprint density at radius 2 is 1.95 bits per heavy atom. The minimum absolute atomic E-state index is 0.271. The van der Waals surface area contributed by atoms with Gasteiger partial charge in [-0.25, -0.2) is 0 Å². The monoisotopic (exact) mass is 326 g/mol. The third kappa shape index (κ3) is 1.89. The van der Waals surface area contributed by atoms with Crippen molar-refractivity contribution < 1.29 is 0 Å². The van der Waals surface area contributed by atoms with E-state index in [1.165, 1.54) is 27.6 Å². The van der Waals surface area contributed by atoms with Crippen molar-refractivity contribution in [3.8, 4) is 0 Å². The number of rotatable bonds is 1. The number of aromatic nitrogens is 1. The van der Waals surface area contributed by atoms with Crippen molar-refractivity contribution in [1.29, 1.82) is 0 Å². The number of benzene rings is 2. The lowest BCUT2D eigenvalue weighted by atomic mass is 9.90. The Labute approximate surface area is 126 Å². The molecule has 1 aliphatic rings. The predicted molar refractivity (Wildman–Crippen MR) is 86.0 cm³/mol. The first-order valence-corrected chi connectivity index (χ1v) is 7.70. The molecule has 2 heterocycles. The minimum Gasteiger partial charge on any atom is -0.361 e. The molecule has 0 spiro atoms. The fourth-order valence-electron chi connectivity index (χ4n) is 3.13. The SMILES string of the molecule is Brc1ccc2c(c1)C(c1c[nH]c3ccccc13)NCC2. The van der Waals surface area contributed by atoms with E-state index in [4.69, 9.17) is 0 Å². The molecule has 2 N–H and O–H groups in total. The average Bonchev–Trinajstić information content (AvgIpc) is 2.90. The maximum atomic E-state index is 3.66. The van der Waals surface area contributed by atoms with E-state index in [9.17, 15) is 0 Å². The molecule has 4 rings (SSSR count). The van der Waals surface area contributed by atoms with Crippen LogP contribution in [0.2, 0.25) is 0 Å². The van der Waals surface area contributed by atoms with Crippen LogP contribution in [0, 0.1) is 0 Å². The lowest BCUT2D eigenvalue weighted by molar-refractivity contribution is 0.570. The zero-order valence-electron chi connectivity index (χ0n) is 11.0. The van der Waals surface area contributed by atoms with Crippen LogP contribution >= 0.6 is 15.9 Å². The smallest absolute Gasteiger partial charge is 0.0601 e.